The molecule has 0 aromatic heterocycles. The smallest absolute Gasteiger partial charge is 0.212 e. The van der Waals surface area contributed by atoms with Gasteiger partial charge in [-0.05, 0) is 20.3 Å². The second-order valence-electron chi connectivity index (χ2n) is 3.86. The van der Waals surface area contributed by atoms with Crippen molar-refractivity contribution in [2.24, 2.45) is 5.73 Å². The molecule has 0 heterocycles. The zero-order valence-corrected chi connectivity index (χ0v) is 9.86. The summed E-state index contributed by atoms with van der Waals surface area (Å²) >= 11 is 0. The van der Waals surface area contributed by atoms with Crippen molar-refractivity contribution in [2.45, 2.75) is 25.8 Å². The Balaban J connectivity index is 4.08. The minimum atomic E-state index is -3.23. The SMILES string of the molecule is COCCCS(=O)(=O)NC(C)(C)CN. The highest BCUT2D eigenvalue weighted by atomic mass is 32.2. The van der Waals surface area contributed by atoms with Gasteiger partial charge in [0.25, 0.3) is 0 Å². The first-order valence-electron chi connectivity index (χ1n) is 4.53. The first-order chi connectivity index (χ1) is 6.33. The Kier molecular flexibility index (Phi) is 5.58. The predicted molar refractivity (Wildman–Crippen MR) is 56.5 cm³/mol. The number of methoxy groups -OCH3 is 1. The Labute approximate surface area is 86.1 Å². The second kappa shape index (κ2) is 5.65. The summed E-state index contributed by atoms with van der Waals surface area (Å²) in [5.41, 5.74) is 4.84. The molecule has 0 aromatic carbocycles. The van der Waals surface area contributed by atoms with E-state index in [-0.39, 0.29) is 12.3 Å². The molecule has 0 saturated carbocycles. The van der Waals surface area contributed by atoms with E-state index in [4.69, 9.17) is 10.5 Å². The number of rotatable bonds is 7. The lowest BCUT2D eigenvalue weighted by Gasteiger charge is -2.23. The summed E-state index contributed by atoms with van der Waals surface area (Å²) in [6.07, 6.45) is 0.493. The molecule has 0 spiro atoms. The molecule has 0 rings (SSSR count). The molecular formula is C8H20N2O3S. The topological polar surface area (TPSA) is 81.4 Å². The van der Waals surface area contributed by atoms with Crippen LogP contribution in [-0.2, 0) is 14.8 Å². The number of sulfonamides is 1. The van der Waals surface area contributed by atoms with E-state index in [2.05, 4.69) is 4.72 Å². The predicted octanol–water partition coefficient (Wildman–Crippen LogP) is -0.320. The van der Waals surface area contributed by atoms with Crippen molar-refractivity contribution >= 4 is 10.0 Å². The van der Waals surface area contributed by atoms with E-state index < -0.39 is 15.6 Å². The van der Waals surface area contributed by atoms with Crippen LogP contribution in [0.2, 0.25) is 0 Å². The van der Waals surface area contributed by atoms with Gasteiger partial charge in [-0.2, -0.15) is 0 Å². The quantitative estimate of drug-likeness (QED) is 0.581. The average molecular weight is 224 g/mol. The third-order valence-electron chi connectivity index (χ3n) is 1.70. The lowest BCUT2D eigenvalue weighted by molar-refractivity contribution is 0.199. The zero-order valence-electron chi connectivity index (χ0n) is 9.04. The highest BCUT2D eigenvalue weighted by Gasteiger charge is 2.22. The Morgan fingerprint density at radius 1 is 1.43 bits per heavy atom. The number of nitrogens with two attached hydrogens (primary N) is 1. The standard InChI is InChI=1S/C8H20N2O3S/c1-8(2,7-9)10-14(11,12)6-4-5-13-3/h10H,4-7,9H2,1-3H3. The van der Waals surface area contributed by atoms with Crippen LogP contribution in [0.1, 0.15) is 20.3 Å². The van der Waals surface area contributed by atoms with Crippen molar-refractivity contribution in [2.75, 3.05) is 26.0 Å². The van der Waals surface area contributed by atoms with Gasteiger partial charge in [-0.1, -0.05) is 0 Å². The first kappa shape index (κ1) is 13.8. The van der Waals surface area contributed by atoms with Crippen LogP contribution in [0.5, 0.6) is 0 Å². The largest absolute Gasteiger partial charge is 0.385 e. The van der Waals surface area contributed by atoms with Crippen LogP contribution in [-0.4, -0.2) is 40.0 Å². The summed E-state index contributed by atoms with van der Waals surface area (Å²) < 4.78 is 30.2. The Morgan fingerprint density at radius 2 is 2.00 bits per heavy atom. The van der Waals surface area contributed by atoms with E-state index in [9.17, 15) is 8.42 Å². The van der Waals surface area contributed by atoms with Gasteiger partial charge in [-0.15, -0.1) is 0 Å². The average Bonchev–Trinajstić information content (AvgIpc) is 2.03. The maximum absolute atomic E-state index is 11.5. The minimum Gasteiger partial charge on any atom is -0.385 e. The van der Waals surface area contributed by atoms with E-state index >= 15 is 0 Å². The molecule has 0 atom stereocenters. The van der Waals surface area contributed by atoms with Gasteiger partial charge in [0.2, 0.25) is 10.0 Å². The molecule has 0 aromatic rings. The van der Waals surface area contributed by atoms with Crippen molar-refractivity contribution in [3.05, 3.63) is 0 Å². The molecule has 0 aliphatic heterocycles. The van der Waals surface area contributed by atoms with Gasteiger partial charge in [0.15, 0.2) is 0 Å². The molecule has 0 radical (unpaired) electrons. The van der Waals surface area contributed by atoms with Crippen molar-refractivity contribution in [3.63, 3.8) is 0 Å². The minimum absolute atomic E-state index is 0.0737. The fourth-order valence-electron chi connectivity index (χ4n) is 0.907. The van der Waals surface area contributed by atoms with Crippen LogP contribution < -0.4 is 10.5 Å². The fraction of sp³-hybridized carbons (Fsp3) is 1.00. The van der Waals surface area contributed by atoms with Crippen LogP contribution >= 0.6 is 0 Å². The first-order valence-corrected chi connectivity index (χ1v) is 6.19. The normalized spacial score (nSPS) is 13.1. The van der Waals surface area contributed by atoms with Gasteiger partial charge in [-0.3, -0.25) is 0 Å². The maximum atomic E-state index is 11.5. The van der Waals surface area contributed by atoms with Crippen molar-refractivity contribution < 1.29 is 13.2 Å². The molecule has 0 saturated heterocycles. The lowest BCUT2D eigenvalue weighted by atomic mass is 10.1. The molecule has 0 amide bonds. The molecule has 3 N–H and O–H groups in total. The van der Waals surface area contributed by atoms with E-state index in [1.165, 1.54) is 0 Å². The summed E-state index contributed by atoms with van der Waals surface area (Å²) in [6.45, 7) is 4.22. The van der Waals surface area contributed by atoms with Crippen LogP contribution in [0, 0.1) is 0 Å². The molecule has 5 nitrogen and oxygen atoms in total. The molecule has 6 heteroatoms. The summed E-state index contributed by atoms with van der Waals surface area (Å²) in [5.74, 6) is 0.0737. The highest BCUT2D eigenvalue weighted by molar-refractivity contribution is 7.89. The summed E-state index contributed by atoms with van der Waals surface area (Å²) in [6, 6.07) is 0. The van der Waals surface area contributed by atoms with Gasteiger partial charge in [-0.25, -0.2) is 13.1 Å². The highest BCUT2D eigenvalue weighted by Crippen LogP contribution is 2.02. The summed E-state index contributed by atoms with van der Waals surface area (Å²) in [7, 11) is -1.69. The molecule has 0 aliphatic rings. The maximum Gasteiger partial charge on any atom is 0.212 e. The number of hydrogen-bond donors (Lipinski definition) is 2. The van der Waals surface area contributed by atoms with Gasteiger partial charge in [0.1, 0.15) is 0 Å². The van der Waals surface area contributed by atoms with Gasteiger partial charge >= 0.3 is 0 Å². The Hall–Kier alpha value is -0.170. The van der Waals surface area contributed by atoms with Crippen LogP contribution in [0.4, 0.5) is 0 Å². The van der Waals surface area contributed by atoms with Gasteiger partial charge < -0.3 is 10.5 Å². The lowest BCUT2D eigenvalue weighted by Crippen LogP contribution is -2.49. The van der Waals surface area contributed by atoms with Gasteiger partial charge in [0, 0.05) is 25.8 Å². The van der Waals surface area contributed by atoms with Crippen LogP contribution in [0.15, 0.2) is 0 Å². The third-order valence-corrected chi connectivity index (χ3v) is 3.39. The monoisotopic (exact) mass is 224 g/mol. The third kappa shape index (κ3) is 6.31. The number of hydrogen-bond acceptors (Lipinski definition) is 4. The van der Waals surface area contributed by atoms with Crippen LogP contribution in [0.25, 0.3) is 0 Å². The van der Waals surface area contributed by atoms with E-state index in [1.807, 2.05) is 0 Å². The number of nitrogens with one attached hydrogen (secondary N) is 1. The Bertz CT molecular complexity index is 249. The van der Waals surface area contributed by atoms with Crippen molar-refractivity contribution in [1.29, 1.82) is 0 Å². The van der Waals surface area contributed by atoms with E-state index in [1.54, 1.807) is 21.0 Å². The molecule has 0 bridgehead atoms. The molecule has 86 valence electrons. The molecule has 14 heavy (non-hydrogen) atoms. The fourth-order valence-corrected chi connectivity index (χ4v) is 2.43. The molecule has 0 fully saturated rings. The van der Waals surface area contributed by atoms with Gasteiger partial charge in [0.05, 0.1) is 5.75 Å². The summed E-state index contributed by atoms with van der Waals surface area (Å²) in [4.78, 5) is 0. The molecular weight excluding hydrogens is 204 g/mol. The zero-order chi connectivity index (χ0) is 11.2. The second-order valence-corrected chi connectivity index (χ2v) is 5.70. The van der Waals surface area contributed by atoms with Crippen molar-refractivity contribution in [1.82, 2.24) is 4.72 Å². The van der Waals surface area contributed by atoms with E-state index in [0.29, 0.717) is 13.0 Å². The molecule has 0 aliphatic carbocycles. The van der Waals surface area contributed by atoms with Crippen molar-refractivity contribution in [3.8, 4) is 0 Å². The Morgan fingerprint density at radius 3 is 2.43 bits per heavy atom. The number of ether oxygens (including phenoxy) is 1. The summed E-state index contributed by atoms with van der Waals surface area (Å²) in [5, 5.41) is 0. The van der Waals surface area contributed by atoms with Crippen LogP contribution in [0.3, 0.4) is 0 Å². The van der Waals surface area contributed by atoms with E-state index in [0.717, 1.165) is 0 Å². The molecule has 0 unspecified atom stereocenters.